The standard InChI is InChI=1S/C17H27NO3S/c1-13-9-10-18(11-14(13)2)12-17(3,19)15-5-7-16(8-6-15)22(4,20)21/h5-8,13-14,19H,9-12H2,1-4H3. The van der Waals surface area contributed by atoms with Gasteiger partial charge in [-0.25, -0.2) is 8.42 Å². The number of β-amino-alcohol motifs (C(OH)–C–C–N with tert-alkyl or cyclic N) is 1. The molecule has 1 aliphatic heterocycles. The molecule has 1 N–H and O–H groups in total. The average Bonchev–Trinajstić information content (AvgIpc) is 2.42. The van der Waals surface area contributed by atoms with Crippen molar-refractivity contribution < 1.29 is 13.5 Å². The van der Waals surface area contributed by atoms with Crippen molar-refractivity contribution in [3.8, 4) is 0 Å². The quantitative estimate of drug-likeness (QED) is 0.923. The number of nitrogens with zero attached hydrogens (tertiary/aromatic N) is 1. The van der Waals surface area contributed by atoms with Crippen LogP contribution < -0.4 is 0 Å². The van der Waals surface area contributed by atoms with Crippen molar-refractivity contribution >= 4 is 9.84 Å². The molecule has 3 atom stereocenters. The van der Waals surface area contributed by atoms with Crippen molar-refractivity contribution in [2.45, 2.75) is 37.7 Å². The zero-order valence-electron chi connectivity index (χ0n) is 13.9. The van der Waals surface area contributed by atoms with Crippen LogP contribution in [0.15, 0.2) is 29.2 Å². The lowest BCUT2D eigenvalue weighted by Crippen LogP contribution is -2.45. The Morgan fingerprint density at radius 1 is 1.23 bits per heavy atom. The summed E-state index contributed by atoms with van der Waals surface area (Å²) in [6, 6.07) is 6.57. The van der Waals surface area contributed by atoms with Crippen LogP contribution in [0.5, 0.6) is 0 Å². The Balaban J connectivity index is 2.10. The van der Waals surface area contributed by atoms with E-state index in [0.29, 0.717) is 12.5 Å². The fourth-order valence-electron chi connectivity index (χ4n) is 3.08. The van der Waals surface area contributed by atoms with E-state index in [-0.39, 0.29) is 4.90 Å². The average molecular weight is 325 g/mol. The van der Waals surface area contributed by atoms with Crippen LogP contribution in [-0.2, 0) is 15.4 Å². The Morgan fingerprint density at radius 2 is 1.82 bits per heavy atom. The fraction of sp³-hybridized carbons (Fsp3) is 0.647. The fourth-order valence-corrected chi connectivity index (χ4v) is 3.71. The lowest BCUT2D eigenvalue weighted by atomic mass is 9.87. The Morgan fingerprint density at radius 3 is 2.32 bits per heavy atom. The highest BCUT2D eigenvalue weighted by molar-refractivity contribution is 7.90. The van der Waals surface area contributed by atoms with Gasteiger partial charge in [0.1, 0.15) is 0 Å². The Bertz CT molecular complexity index is 607. The molecule has 1 aliphatic rings. The number of hydrogen-bond donors (Lipinski definition) is 1. The number of benzene rings is 1. The van der Waals surface area contributed by atoms with Crippen molar-refractivity contribution in [3.63, 3.8) is 0 Å². The van der Waals surface area contributed by atoms with E-state index >= 15 is 0 Å². The molecule has 22 heavy (non-hydrogen) atoms. The first-order valence-electron chi connectivity index (χ1n) is 7.85. The van der Waals surface area contributed by atoms with E-state index in [2.05, 4.69) is 18.7 Å². The molecular formula is C17H27NO3S. The molecule has 0 spiro atoms. The number of hydrogen-bond acceptors (Lipinski definition) is 4. The summed E-state index contributed by atoms with van der Waals surface area (Å²) >= 11 is 0. The maximum atomic E-state index is 11.5. The van der Waals surface area contributed by atoms with E-state index in [1.165, 1.54) is 6.26 Å². The van der Waals surface area contributed by atoms with E-state index in [0.717, 1.165) is 31.0 Å². The molecule has 3 unspecified atom stereocenters. The van der Waals surface area contributed by atoms with E-state index in [4.69, 9.17) is 0 Å². The number of aliphatic hydroxyl groups is 1. The molecule has 0 bridgehead atoms. The molecule has 1 fully saturated rings. The van der Waals surface area contributed by atoms with Crippen molar-refractivity contribution in [3.05, 3.63) is 29.8 Å². The molecule has 1 heterocycles. The maximum Gasteiger partial charge on any atom is 0.175 e. The first kappa shape index (κ1) is 17.4. The van der Waals surface area contributed by atoms with Gasteiger partial charge in [0.2, 0.25) is 0 Å². The molecule has 0 aliphatic carbocycles. The molecule has 1 aromatic rings. The SMILES string of the molecule is CC1CCN(CC(C)(O)c2ccc(S(C)(=O)=O)cc2)CC1C. The molecule has 0 saturated carbocycles. The molecule has 2 rings (SSSR count). The molecule has 1 aromatic carbocycles. The van der Waals surface area contributed by atoms with Crippen LogP contribution in [0.4, 0.5) is 0 Å². The summed E-state index contributed by atoms with van der Waals surface area (Å²) in [6.45, 7) is 8.91. The predicted octanol–water partition coefficient (Wildman–Crippen LogP) is 2.28. The van der Waals surface area contributed by atoms with Crippen LogP contribution in [0.25, 0.3) is 0 Å². The maximum absolute atomic E-state index is 11.5. The smallest absolute Gasteiger partial charge is 0.175 e. The predicted molar refractivity (Wildman–Crippen MR) is 88.5 cm³/mol. The molecule has 4 nitrogen and oxygen atoms in total. The third-order valence-corrected chi connectivity index (χ3v) is 5.98. The Labute approximate surface area is 134 Å². The van der Waals surface area contributed by atoms with Gasteiger partial charge in [0.15, 0.2) is 9.84 Å². The highest BCUT2D eigenvalue weighted by Crippen LogP contribution is 2.28. The second-order valence-corrected chi connectivity index (χ2v) is 9.06. The van der Waals surface area contributed by atoms with Crippen molar-refractivity contribution in [1.82, 2.24) is 4.90 Å². The van der Waals surface area contributed by atoms with Gasteiger partial charge < -0.3 is 5.11 Å². The first-order valence-corrected chi connectivity index (χ1v) is 9.74. The van der Waals surface area contributed by atoms with Gasteiger partial charge in [-0.3, -0.25) is 4.90 Å². The third-order valence-electron chi connectivity index (χ3n) is 4.85. The highest BCUT2D eigenvalue weighted by atomic mass is 32.2. The second kappa shape index (κ2) is 6.30. The minimum Gasteiger partial charge on any atom is -0.384 e. The van der Waals surface area contributed by atoms with Crippen molar-refractivity contribution in [2.24, 2.45) is 11.8 Å². The topological polar surface area (TPSA) is 57.6 Å². The van der Waals surface area contributed by atoms with E-state index in [9.17, 15) is 13.5 Å². The molecule has 0 radical (unpaired) electrons. The summed E-state index contributed by atoms with van der Waals surface area (Å²) in [5.41, 5.74) is -0.220. The van der Waals surface area contributed by atoms with Gasteiger partial charge in [0.25, 0.3) is 0 Å². The summed E-state index contributed by atoms with van der Waals surface area (Å²) in [5.74, 6) is 1.37. The van der Waals surface area contributed by atoms with Gasteiger partial charge in [0, 0.05) is 19.3 Å². The van der Waals surface area contributed by atoms with Crippen LogP contribution in [-0.4, -0.2) is 44.3 Å². The van der Waals surface area contributed by atoms with E-state index in [1.807, 2.05) is 0 Å². The van der Waals surface area contributed by atoms with Gasteiger partial charge in [-0.15, -0.1) is 0 Å². The summed E-state index contributed by atoms with van der Waals surface area (Å²) in [5, 5.41) is 10.8. The van der Waals surface area contributed by atoms with Crippen LogP contribution in [0.3, 0.4) is 0 Å². The van der Waals surface area contributed by atoms with Gasteiger partial charge >= 0.3 is 0 Å². The minimum absolute atomic E-state index is 0.285. The number of rotatable bonds is 4. The molecule has 124 valence electrons. The van der Waals surface area contributed by atoms with Gasteiger partial charge in [0.05, 0.1) is 10.5 Å². The van der Waals surface area contributed by atoms with Crippen molar-refractivity contribution in [2.75, 3.05) is 25.9 Å². The summed E-state index contributed by atoms with van der Waals surface area (Å²) in [6.07, 6.45) is 2.35. The van der Waals surface area contributed by atoms with Crippen LogP contribution >= 0.6 is 0 Å². The Kier molecular flexibility index (Phi) is 5.00. The number of sulfone groups is 1. The molecular weight excluding hydrogens is 298 g/mol. The van der Waals surface area contributed by atoms with Gasteiger partial charge in [-0.2, -0.15) is 0 Å². The first-order chi connectivity index (χ1) is 10.1. The number of likely N-dealkylation sites (tertiary alicyclic amines) is 1. The van der Waals surface area contributed by atoms with Gasteiger partial charge in [-0.05, 0) is 49.4 Å². The number of piperidine rings is 1. The largest absolute Gasteiger partial charge is 0.384 e. The molecule has 0 aromatic heterocycles. The van der Waals surface area contributed by atoms with Crippen LogP contribution in [0, 0.1) is 11.8 Å². The zero-order chi connectivity index (χ0) is 16.5. The van der Waals surface area contributed by atoms with E-state index in [1.54, 1.807) is 31.2 Å². The summed E-state index contributed by atoms with van der Waals surface area (Å²) in [4.78, 5) is 2.59. The monoisotopic (exact) mass is 325 g/mol. The molecule has 1 saturated heterocycles. The minimum atomic E-state index is -3.20. The van der Waals surface area contributed by atoms with Crippen molar-refractivity contribution in [1.29, 1.82) is 0 Å². The van der Waals surface area contributed by atoms with E-state index < -0.39 is 15.4 Å². The normalized spacial score (nSPS) is 26.6. The summed E-state index contributed by atoms with van der Waals surface area (Å²) < 4.78 is 23.0. The second-order valence-electron chi connectivity index (χ2n) is 7.05. The third kappa shape index (κ3) is 4.09. The lowest BCUT2D eigenvalue weighted by Gasteiger charge is -2.39. The zero-order valence-corrected chi connectivity index (χ0v) is 14.7. The Hall–Kier alpha value is -0.910. The van der Waals surface area contributed by atoms with Crippen LogP contribution in [0.2, 0.25) is 0 Å². The molecule has 5 heteroatoms. The van der Waals surface area contributed by atoms with Gasteiger partial charge in [-0.1, -0.05) is 26.0 Å². The molecule has 0 amide bonds. The van der Waals surface area contributed by atoms with Crippen LogP contribution in [0.1, 0.15) is 32.8 Å². The lowest BCUT2D eigenvalue weighted by molar-refractivity contribution is -0.00236. The summed E-state index contributed by atoms with van der Waals surface area (Å²) in [7, 11) is -3.20. The highest BCUT2D eigenvalue weighted by Gasteiger charge is 2.30.